The number of ether oxygens (including phenoxy) is 1. The lowest BCUT2D eigenvalue weighted by Crippen LogP contribution is -2.19. The maximum Gasteiger partial charge on any atom is 0.574 e. The summed E-state index contributed by atoms with van der Waals surface area (Å²) in [6.45, 7) is 1.66. The first-order valence-electron chi connectivity index (χ1n) is 3.81. The molecule has 15 heavy (non-hydrogen) atoms. The van der Waals surface area contributed by atoms with E-state index in [0.717, 1.165) is 0 Å². The van der Waals surface area contributed by atoms with Gasteiger partial charge in [0.15, 0.2) is 0 Å². The van der Waals surface area contributed by atoms with E-state index in [-0.39, 0.29) is 11.4 Å². The van der Waals surface area contributed by atoms with Crippen molar-refractivity contribution < 1.29 is 17.9 Å². The molecule has 84 valence electrons. The van der Waals surface area contributed by atoms with Gasteiger partial charge in [0, 0.05) is 5.56 Å². The number of halogens is 5. The highest BCUT2D eigenvalue weighted by Crippen LogP contribution is 2.28. The molecule has 0 amide bonds. The average molecular weight is 351 g/mol. The number of nitrogens with zero attached hydrogens (tertiary/aromatic N) is 1. The Morgan fingerprint density at radius 2 is 2.13 bits per heavy atom. The van der Waals surface area contributed by atoms with Gasteiger partial charge in [-0.3, -0.25) is 0 Å². The zero-order valence-electron chi connectivity index (χ0n) is 7.53. The molecule has 0 aromatic carbocycles. The van der Waals surface area contributed by atoms with E-state index in [4.69, 9.17) is 11.6 Å². The maximum absolute atomic E-state index is 12.0. The quantitative estimate of drug-likeness (QED) is 0.461. The normalized spacial score (nSPS) is 11.6. The Morgan fingerprint density at radius 1 is 1.53 bits per heavy atom. The smallest absolute Gasteiger partial charge is 0.387 e. The van der Waals surface area contributed by atoms with Crippen LogP contribution < -0.4 is 4.74 Å². The second-order valence-corrected chi connectivity index (χ2v) is 4.10. The Hall–Kier alpha value is -0.240. The van der Waals surface area contributed by atoms with Crippen LogP contribution in [0, 0.1) is 10.6 Å². The summed E-state index contributed by atoms with van der Waals surface area (Å²) in [5.41, 5.74) is 0.887. The van der Waals surface area contributed by atoms with Gasteiger partial charge in [0.05, 0.1) is 5.88 Å². The maximum atomic E-state index is 12.0. The van der Waals surface area contributed by atoms with E-state index >= 15 is 0 Å². The highest BCUT2D eigenvalue weighted by molar-refractivity contribution is 14.1. The molecular formula is C8H6ClF3INO. The molecule has 1 aromatic rings. The third kappa shape index (κ3) is 3.67. The van der Waals surface area contributed by atoms with E-state index in [1.54, 1.807) is 13.0 Å². The topological polar surface area (TPSA) is 22.1 Å². The number of alkyl halides is 4. The fraction of sp³-hybridized carbons (Fsp3) is 0.375. The number of hydrogen-bond acceptors (Lipinski definition) is 2. The van der Waals surface area contributed by atoms with Crippen LogP contribution in [0.2, 0.25) is 0 Å². The van der Waals surface area contributed by atoms with Crippen molar-refractivity contribution in [2.24, 2.45) is 0 Å². The van der Waals surface area contributed by atoms with Gasteiger partial charge in [0.25, 0.3) is 0 Å². The van der Waals surface area contributed by atoms with Gasteiger partial charge >= 0.3 is 6.36 Å². The molecule has 0 aliphatic rings. The van der Waals surface area contributed by atoms with Crippen LogP contribution >= 0.6 is 34.2 Å². The SMILES string of the molecule is Cc1cc(I)nc(OC(F)(F)F)c1CCl. The molecule has 0 unspecified atom stereocenters. The highest BCUT2D eigenvalue weighted by Gasteiger charge is 2.33. The fourth-order valence-electron chi connectivity index (χ4n) is 0.988. The van der Waals surface area contributed by atoms with Crippen LogP contribution in [-0.2, 0) is 5.88 Å². The van der Waals surface area contributed by atoms with Gasteiger partial charge in [0.1, 0.15) is 3.70 Å². The van der Waals surface area contributed by atoms with Gasteiger partial charge in [-0.2, -0.15) is 0 Å². The first-order chi connectivity index (χ1) is 6.83. The molecule has 0 atom stereocenters. The van der Waals surface area contributed by atoms with Crippen molar-refractivity contribution in [3.63, 3.8) is 0 Å². The molecule has 2 nitrogen and oxygen atoms in total. The standard InChI is InChI=1S/C8H6ClF3INO/c1-4-2-6(13)14-7(5(4)3-9)15-8(10,11)12/h2H,3H2,1H3. The number of hydrogen-bond donors (Lipinski definition) is 0. The molecule has 1 rings (SSSR count). The Kier molecular flexibility index (Phi) is 4.05. The summed E-state index contributed by atoms with van der Waals surface area (Å²) in [5.74, 6) is -0.539. The van der Waals surface area contributed by atoms with Crippen LogP contribution in [0.5, 0.6) is 5.88 Å². The van der Waals surface area contributed by atoms with E-state index < -0.39 is 12.2 Å². The van der Waals surface area contributed by atoms with Crippen LogP contribution in [0.1, 0.15) is 11.1 Å². The van der Waals surface area contributed by atoms with Crippen molar-refractivity contribution in [2.45, 2.75) is 19.2 Å². The van der Waals surface area contributed by atoms with E-state index in [1.165, 1.54) is 0 Å². The zero-order chi connectivity index (χ0) is 11.6. The molecule has 1 aromatic heterocycles. The number of rotatable bonds is 2. The Morgan fingerprint density at radius 3 is 2.60 bits per heavy atom. The monoisotopic (exact) mass is 351 g/mol. The second-order valence-electron chi connectivity index (χ2n) is 2.73. The van der Waals surface area contributed by atoms with Gasteiger partial charge in [-0.05, 0) is 41.1 Å². The fourth-order valence-corrected chi connectivity index (χ4v) is 2.00. The molecule has 0 spiro atoms. The molecule has 0 bridgehead atoms. The lowest BCUT2D eigenvalue weighted by Gasteiger charge is -2.12. The highest BCUT2D eigenvalue weighted by atomic mass is 127. The molecule has 0 saturated heterocycles. The van der Waals surface area contributed by atoms with Gasteiger partial charge < -0.3 is 4.74 Å². The summed E-state index contributed by atoms with van der Waals surface area (Å²) in [7, 11) is 0. The minimum atomic E-state index is -4.75. The Balaban J connectivity index is 3.15. The van der Waals surface area contributed by atoms with E-state index in [9.17, 15) is 13.2 Å². The van der Waals surface area contributed by atoms with Crippen molar-refractivity contribution >= 4 is 34.2 Å². The van der Waals surface area contributed by atoms with E-state index in [0.29, 0.717) is 9.26 Å². The van der Waals surface area contributed by atoms with Gasteiger partial charge in [-0.15, -0.1) is 24.8 Å². The minimum Gasteiger partial charge on any atom is -0.387 e. The summed E-state index contributed by atoms with van der Waals surface area (Å²) >= 11 is 7.34. The number of pyridine rings is 1. The Labute approximate surface area is 103 Å². The van der Waals surface area contributed by atoms with Crippen LogP contribution in [0.25, 0.3) is 0 Å². The molecule has 7 heteroatoms. The van der Waals surface area contributed by atoms with E-state index in [2.05, 4.69) is 9.72 Å². The third-order valence-electron chi connectivity index (χ3n) is 1.62. The first kappa shape index (κ1) is 12.8. The lowest BCUT2D eigenvalue weighted by molar-refractivity contribution is -0.276. The van der Waals surface area contributed by atoms with Crippen molar-refractivity contribution in [3.05, 3.63) is 20.9 Å². The van der Waals surface area contributed by atoms with Crippen LogP contribution in [0.3, 0.4) is 0 Å². The zero-order valence-corrected chi connectivity index (χ0v) is 10.4. The summed E-state index contributed by atoms with van der Waals surface area (Å²) in [4.78, 5) is 3.65. The molecule has 0 aliphatic carbocycles. The van der Waals surface area contributed by atoms with Crippen LogP contribution in [0.4, 0.5) is 13.2 Å². The largest absolute Gasteiger partial charge is 0.574 e. The summed E-state index contributed by atoms with van der Waals surface area (Å²) in [6, 6.07) is 1.64. The third-order valence-corrected chi connectivity index (χ3v) is 2.44. The van der Waals surface area contributed by atoms with Gasteiger partial charge in [-0.25, -0.2) is 4.98 Å². The van der Waals surface area contributed by atoms with E-state index in [1.807, 2.05) is 22.6 Å². The molecule has 0 radical (unpaired) electrons. The minimum absolute atomic E-state index is 0.0683. The molecule has 0 fully saturated rings. The van der Waals surface area contributed by atoms with Crippen molar-refractivity contribution in [2.75, 3.05) is 0 Å². The first-order valence-corrected chi connectivity index (χ1v) is 5.42. The molecule has 0 saturated carbocycles. The predicted octanol–water partition coefficient (Wildman–Crippen LogP) is 3.63. The summed E-state index contributed by atoms with van der Waals surface area (Å²) in [6.07, 6.45) is -4.75. The molecule has 1 heterocycles. The summed E-state index contributed by atoms with van der Waals surface area (Å²) in [5, 5.41) is 0. The van der Waals surface area contributed by atoms with Crippen LogP contribution in [0.15, 0.2) is 6.07 Å². The molecular weight excluding hydrogens is 345 g/mol. The van der Waals surface area contributed by atoms with Crippen molar-refractivity contribution in [3.8, 4) is 5.88 Å². The van der Waals surface area contributed by atoms with Gasteiger partial charge in [0.2, 0.25) is 5.88 Å². The number of aromatic nitrogens is 1. The second kappa shape index (κ2) is 4.73. The molecule has 0 N–H and O–H groups in total. The van der Waals surface area contributed by atoms with Gasteiger partial charge in [-0.1, -0.05) is 0 Å². The van der Waals surface area contributed by atoms with Crippen LogP contribution in [-0.4, -0.2) is 11.3 Å². The van der Waals surface area contributed by atoms with Crippen molar-refractivity contribution in [1.29, 1.82) is 0 Å². The van der Waals surface area contributed by atoms with Crippen molar-refractivity contribution in [1.82, 2.24) is 4.98 Å². The molecule has 0 aliphatic heterocycles. The summed E-state index contributed by atoms with van der Waals surface area (Å²) < 4.78 is 40.3. The predicted molar refractivity (Wildman–Crippen MR) is 57.9 cm³/mol. The number of aryl methyl sites for hydroxylation is 1. The Bertz CT molecular complexity index is 370. The lowest BCUT2D eigenvalue weighted by atomic mass is 10.2. The average Bonchev–Trinajstić information content (AvgIpc) is 1.99.